The summed E-state index contributed by atoms with van der Waals surface area (Å²) in [5, 5.41) is 9.92. The first-order valence-electron chi connectivity index (χ1n) is 8.89. The molecule has 0 saturated carbocycles. The molecule has 0 fully saturated rings. The predicted molar refractivity (Wildman–Crippen MR) is 105 cm³/mol. The van der Waals surface area contributed by atoms with E-state index in [9.17, 15) is 9.90 Å². The summed E-state index contributed by atoms with van der Waals surface area (Å²) in [6, 6.07) is 12.5. The second-order valence-electron chi connectivity index (χ2n) is 6.12. The SMILES string of the molecule is CCCN(c1ccccc1)C(Cc1cc(OC)c(OC)c(OC)c1)C(=O)O. The molecule has 0 saturated heterocycles. The molecule has 1 unspecified atom stereocenters. The molecule has 0 aliphatic rings. The molecule has 1 atom stereocenters. The zero-order chi connectivity index (χ0) is 19.8. The van der Waals surface area contributed by atoms with E-state index in [0.717, 1.165) is 17.7 Å². The number of carboxylic acid groups (broad SMARTS) is 1. The first-order chi connectivity index (χ1) is 13.0. The third-order valence-corrected chi connectivity index (χ3v) is 4.37. The molecule has 0 bridgehead atoms. The smallest absolute Gasteiger partial charge is 0.326 e. The van der Waals surface area contributed by atoms with Crippen molar-refractivity contribution in [3.05, 3.63) is 48.0 Å². The third kappa shape index (κ3) is 4.84. The number of para-hydroxylation sites is 1. The van der Waals surface area contributed by atoms with Crippen molar-refractivity contribution in [1.82, 2.24) is 0 Å². The summed E-state index contributed by atoms with van der Waals surface area (Å²) >= 11 is 0. The van der Waals surface area contributed by atoms with E-state index in [1.165, 1.54) is 0 Å². The van der Waals surface area contributed by atoms with Crippen molar-refractivity contribution in [2.45, 2.75) is 25.8 Å². The van der Waals surface area contributed by atoms with Crippen LogP contribution in [0.25, 0.3) is 0 Å². The maximum Gasteiger partial charge on any atom is 0.326 e. The van der Waals surface area contributed by atoms with Gasteiger partial charge in [-0.1, -0.05) is 25.1 Å². The van der Waals surface area contributed by atoms with Crippen molar-refractivity contribution in [3.8, 4) is 17.2 Å². The molecule has 2 aromatic rings. The maximum absolute atomic E-state index is 12.1. The van der Waals surface area contributed by atoms with Crippen LogP contribution in [0.5, 0.6) is 17.2 Å². The van der Waals surface area contributed by atoms with Crippen LogP contribution in [0.3, 0.4) is 0 Å². The Morgan fingerprint density at radius 2 is 1.63 bits per heavy atom. The number of nitrogens with zero attached hydrogens (tertiary/aromatic N) is 1. The molecule has 0 aliphatic carbocycles. The van der Waals surface area contributed by atoms with E-state index >= 15 is 0 Å². The first kappa shape index (κ1) is 20.4. The van der Waals surface area contributed by atoms with Gasteiger partial charge in [-0.05, 0) is 36.2 Å². The van der Waals surface area contributed by atoms with Gasteiger partial charge in [0.1, 0.15) is 6.04 Å². The van der Waals surface area contributed by atoms with Crippen molar-refractivity contribution in [2.75, 3.05) is 32.8 Å². The van der Waals surface area contributed by atoms with Crippen molar-refractivity contribution in [1.29, 1.82) is 0 Å². The molecule has 2 aromatic carbocycles. The first-order valence-corrected chi connectivity index (χ1v) is 8.89. The zero-order valence-electron chi connectivity index (χ0n) is 16.3. The molecule has 1 N–H and O–H groups in total. The normalized spacial score (nSPS) is 11.6. The van der Waals surface area contributed by atoms with E-state index in [2.05, 4.69) is 0 Å². The van der Waals surface area contributed by atoms with Crippen molar-refractivity contribution < 1.29 is 24.1 Å². The van der Waals surface area contributed by atoms with Crippen LogP contribution in [0.2, 0.25) is 0 Å². The molecular weight excluding hydrogens is 346 g/mol. The quantitative estimate of drug-likeness (QED) is 0.686. The minimum Gasteiger partial charge on any atom is -0.493 e. The lowest BCUT2D eigenvalue weighted by molar-refractivity contribution is -0.138. The van der Waals surface area contributed by atoms with Gasteiger partial charge in [0.25, 0.3) is 0 Å². The van der Waals surface area contributed by atoms with Crippen LogP contribution in [0.1, 0.15) is 18.9 Å². The number of benzene rings is 2. The predicted octanol–water partition coefficient (Wildman–Crippen LogP) is 3.62. The van der Waals surface area contributed by atoms with Gasteiger partial charge in [0, 0.05) is 18.7 Å². The molecule has 0 aromatic heterocycles. The number of aliphatic carboxylic acids is 1. The van der Waals surface area contributed by atoms with Gasteiger partial charge in [-0.25, -0.2) is 4.79 Å². The average molecular weight is 373 g/mol. The number of hydrogen-bond donors (Lipinski definition) is 1. The molecule has 146 valence electrons. The molecule has 0 radical (unpaired) electrons. The Bertz CT molecular complexity index is 722. The van der Waals surface area contributed by atoms with Gasteiger partial charge in [-0.15, -0.1) is 0 Å². The van der Waals surface area contributed by atoms with E-state index in [1.807, 2.05) is 42.2 Å². The average Bonchev–Trinajstić information content (AvgIpc) is 2.70. The number of hydrogen-bond acceptors (Lipinski definition) is 5. The minimum atomic E-state index is -0.874. The maximum atomic E-state index is 12.1. The molecule has 6 heteroatoms. The lowest BCUT2D eigenvalue weighted by Crippen LogP contribution is -2.43. The van der Waals surface area contributed by atoms with E-state index < -0.39 is 12.0 Å². The summed E-state index contributed by atoms with van der Waals surface area (Å²) in [6.07, 6.45) is 1.15. The van der Waals surface area contributed by atoms with Gasteiger partial charge in [0.15, 0.2) is 11.5 Å². The molecule has 0 aliphatic heterocycles. The van der Waals surface area contributed by atoms with E-state index in [0.29, 0.717) is 30.2 Å². The third-order valence-electron chi connectivity index (χ3n) is 4.37. The highest BCUT2D eigenvalue weighted by molar-refractivity contribution is 5.79. The Balaban J connectivity index is 2.41. The minimum absolute atomic E-state index is 0.306. The lowest BCUT2D eigenvalue weighted by atomic mass is 10.0. The Morgan fingerprint density at radius 3 is 2.07 bits per heavy atom. The van der Waals surface area contributed by atoms with Crippen molar-refractivity contribution >= 4 is 11.7 Å². The second kappa shape index (κ2) is 9.71. The summed E-state index contributed by atoms with van der Waals surface area (Å²) in [7, 11) is 4.63. The summed E-state index contributed by atoms with van der Waals surface area (Å²) < 4.78 is 16.1. The van der Waals surface area contributed by atoms with Gasteiger partial charge in [0.05, 0.1) is 21.3 Å². The fourth-order valence-corrected chi connectivity index (χ4v) is 3.13. The summed E-state index contributed by atoms with van der Waals surface area (Å²) in [6.45, 7) is 2.68. The van der Waals surface area contributed by atoms with E-state index in [4.69, 9.17) is 14.2 Å². The Hall–Kier alpha value is -2.89. The summed E-state index contributed by atoms with van der Waals surface area (Å²) in [5.41, 5.74) is 1.69. The number of ether oxygens (including phenoxy) is 3. The van der Waals surface area contributed by atoms with E-state index in [1.54, 1.807) is 33.5 Å². The largest absolute Gasteiger partial charge is 0.493 e. The zero-order valence-corrected chi connectivity index (χ0v) is 16.3. The standard InChI is InChI=1S/C21H27NO5/c1-5-11-22(16-9-7-6-8-10-16)17(21(23)24)12-15-13-18(25-2)20(27-4)19(14-15)26-3/h6-10,13-14,17H,5,11-12H2,1-4H3,(H,23,24). The number of rotatable bonds is 10. The lowest BCUT2D eigenvalue weighted by Gasteiger charge is -2.31. The van der Waals surface area contributed by atoms with Crippen LogP contribution in [0, 0.1) is 0 Å². The topological polar surface area (TPSA) is 68.2 Å². The molecule has 2 rings (SSSR count). The number of carboxylic acids is 1. The Kier molecular flexibility index (Phi) is 7.34. The van der Waals surface area contributed by atoms with Crippen LogP contribution in [-0.2, 0) is 11.2 Å². The second-order valence-corrected chi connectivity index (χ2v) is 6.12. The number of carbonyl (C=O) groups is 1. The highest BCUT2D eigenvalue weighted by atomic mass is 16.5. The van der Waals surface area contributed by atoms with Crippen LogP contribution in [0.15, 0.2) is 42.5 Å². The summed E-state index contributed by atoms with van der Waals surface area (Å²) in [5.74, 6) is 0.639. The van der Waals surface area contributed by atoms with Crippen molar-refractivity contribution in [2.24, 2.45) is 0 Å². The molecule has 0 spiro atoms. The number of anilines is 1. The van der Waals surface area contributed by atoms with Crippen LogP contribution in [0.4, 0.5) is 5.69 Å². The van der Waals surface area contributed by atoms with Gasteiger partial charge in [-0.2, -0.15) is 0 Å². The highest BCUT2D eigenvalue weighted by Crippen LogP contribution is 2.38. The fourth-order valence-electron chi connectivity index (χ4n) is 3.13. The fraction of sp³-hybridized carbons (Fsp3) is 0.381. The molecule has 27 heavy (non-hydrogen) atoms. The monoisotopic (exact) mass is 373 g/mol. The van der Waals surface area contributed by atoms with Gasteiger partial charge >= 0.3 is 5.97 Å². The summed E-state index contributed by atoms with van der Waals surface area (Å²) in [4.78, 5) is 14.0. The Labute approximate surface area is 160 Å². The molecular formula is C21H27NO5. The van der Waals surface area contributed by atoms with Crippen molar-refractivity contribution in [3.63, 3.8) is 0 Å². The number of methoxy groups -OCH3 is 3. The molecule has 6 nitrogen and oxygen atoms in total. The van der Waals surface area contributed by atoms with E-state index in [-0.39, 0.29) is 0 Å². The molecule has 0 heterocycles. The van der Waals surface area contributed by atoms with Crippen LogP contribution < -0.4 is 19.1 Å². The van der Waals surface area contributed by atoms with Gasteiger partial charge < -0.3 is 24.2 Å². The van der Waals surface area contributed by atoms with Crippen LogP contribution >= 0.6 is 0 Å². The molecule has 0 amide bonds. The Morgan fingerprint density at radius 1 is 1.04 bits per heavy atom. The van der Waals surface area contributed by atoms with Gasteiger partial charge in [-0.3, -0.25) is 0 Å². The van der Waals surface area contributed by atoms with Crippen LogP contribution in [-0.4, -0.2) is 45.0 Å². The highest BCUT2D eigenvalue weighted by Gasteiger charge is 2.27. The van der Waals surface area contributed by atoms with Gasteiger partial charge in [0.2, 0.25) is 5.75 Å².